The van der Waals surface area contributed by atoms with Crippen molar-refractivity contribution >= 4 is 17.7 Å². The molecule has 14 heavy (non-hydrogen) atoms. The number of carbonyl (C=O) groups excluding carboxylic acids is 1. The monoisotopic (exact) mass is 218 g/mol. The van der Waals surface area contributed by atoms with Crippen LogP contribution in [0.1, 0.15) is 20.3 Å². The first-order valence-corrected chi connectivity index (χ1v) is 6.47. The Hall–Kier alpha value is -0.220. The van der Waals surface area contributed by atoms with Gasteiger partial charge in [0, 0.05) is 12.5 Å². The average Bonchev–Trinajstić information content (AvgIpc) is 2.15. The molecule has 0 saturated heterocycles. The van der Waals surface area contributed by atoms with Crippen LogP contribution in [0, 0.1) is 11.8 Å². The van der Waals surface area contributed by atoms with E-state index >= 15 is 0 Å². The van der Waals surface area contributed by atoms with Gasteiger partial charge in [0.1, 0.15) is 0 Å². The van der Waals surface area contributed by atoms with Gasteiger partial charge in [-0.25, -0.2) is 0 Å². The third-order valence-corrected chi connectivity index (χ3v) is 3.03. The van der Waals surface area contributed by atoms with Crippen LogP contribution in [0.2, 0.25) is 0 Å². The Kier molecular flexibility index (Phi) is 7.99. The van der Waals surface area contributed by atoms with Crippen LogP contribution >= 0.6 is 11.8 Å². The first kappa shape index (κ1) is 13.8. The lowest BCUT2D eigenvalue weighted by Gasteiger charge is -2.14. The van der Waals surface area contributed by atoms with Gasteiger partial charge in [-0.15, -0.1) is 0 Å². The predicted octanol–water partition coefficient (Wildman–Crippen LogP) is 1.09. The summed E-state index contributed by atoms with van der Waals surface area (Å²) in [6.07, 6.45) is 2.85. The highest BCUT2D eigenvalue weighted by molar-refractivity contribution is 7.98. The molecule has 0 aromatic rings. The van der Waals surface area contributed by atoms with Crippen LogP contribution in [0.5, 0.6) is 0 Å². The molecule has 84 valence electrons. The Labute approximate surface area is 91.2 Å². The Morgan fingerprint density at radius 3 is 2.64 bits per heavy atom. The topological polar surface area (TPSA) is 55.1 Å². The molecule has 0 aromatic carbocycles. The van der Waals surface area contributed by atoms with Crippen molar-refractivity contribution in [1.82, 2.24) is 5.32 Å². The van der Waals surface area contributed by atoms with E-state index in [1.807, 2.05) is 18.7 Å². The minimum Gasteiger partial charge on any atom is -0.356 e. The highest BCUT2D eigenvalue weighted by Crippen LogP contribution is 2.04. The normalized spacial score (nSPS) is 14.9. The lowest BCUT2D eigenvalue weighted by molar-refractivity contribution is -0.124. The first-order valence-electron chi connectivity index (χ1n) is 5.08. The number of hydrogen-bond acceptors (Lipinski definition) is 3. The first-order chi connectivity index (χ1) is 6.61. The third kappa shape index (κ3) is 6.27. The van der Waals surface area contributed by atoms with E-state index in [9.17, 15) is 4.79 Å². The van der Waals surface area contributed by atoms with E-state index in [4.69, 9.17) is 5.73 Å². The van der Waals surface area contributed by atoms with E-state index in [1.54, 1.807) is 0 Å². The zero-order valence-corrected chi connectivity index (χ0v) is 10.2. The van der Waals surface area contributed by atoms with Gasteiger partial charge in [-0.3, -0.25) is 4.79 Å². The Balaban J connectivity index is 3.61. The second kappa shape index (κ2) is 8.12. The number of amides is 1. The van der Waals surface area contributed by atoms with E-state index in [2.05, 4.69) is 18.5 Å². The van der Waals surface area contributed by atoms with Gasteiger partial charge < -0.3 is 11.1 Å². The highest BCUT2D eigenvalue weighted by atomic mass is 32.2. The molecule has 0 aliphatic rings. The maximum absolute atomic E-state index is 11.5. The molecule has 0 spiro atoms. The zero-order chi connectivity index (χ0) is 11.0. The minimum atomic E-state index is 0.0430. The van der Waals surface area contributed by atoms with E-state index in [0.717, 1.165) is 18.7 Å². The molecule has 0 aliphatic heterocycles. The molecule has 0 bridgehead atoms. The van der Waals surface area contributed by atoms with Gasteiger partial charge in [0.15, 0.2) is 0 Å². The van der Waals surface area contributed by atoms with Crippen molar-refractivity contribution < 1.29 is 4.79 Å². The molecule has 3 N–H and O–H groups in total. The summed E-state index contributed by atoms with van der Waals surface area (Å²) in [6, 6.07) is 0. The molecule has 4 heteroatoms. The van der Waals surface area contributed by atoms with Gasteiger partial charge in [-0.1, -0.05) is 13.8 Å². The number of nitrogens with two attached hydrogens (primary N) is 1. The molecule has 0 aliphatic carbocycles. The molecule has 2 atom stereocenters. The van der Waals surface area contributed by atoms with Crippen LogP contribution in [-0.2, 0) is 4.79 Å². The average molecular weight is 218 g/mol. The van der Waals surface area contributed by atoms with Gasteiger partial charge >= 0.3 is 0 Å². The zero-order valence-electron chi connectivity index (χ0n) is 9.38. The van der Waals surface area contributed by atoms with Gasteiger partial charge in [0.25, 0.3) is 0 Å². The Morgan fingerprint density at radius 2 is 2.14 bits per heavy atom. The summed E-state index contributed by atoms with van der Waals surface area (Å²) in [6.45, 7) is 5.41. The molecule has 1 amide bonds. The van der Waals surface area contributed by atoms with Crippen LogP contribution in [-0.4, -0.2) is 31.0 Å². The summed E-state index contributed by atoms with van der Waals surface area (Å²) < 4.78 is 0. The van der Waals surface area contributed by atoms with Gasteiger partial charge in [0.2, 0.25) is 5.91 Å². The standard InChI is InChI=1S/C10H22N2OS/c1-8(7-14-3)6-12-10(13)9(2)4-5-11/h8-9H,4-7,11H2,1-3H3,(H,12,13). The summed E-state index contributed by atoms with van der Waals surface area (Å²) in [4.78, 5) is 11.5. The number of thioether (sulfide) groups is 1. The van der Waals surface area contributed by atoms with Crippen LogP contribution in [0.25, 0.3) is 0 Å². The fraction of sp³-hybridized carbons (Fsp3) is 0.900. The van der Waals surface area contributed by atoms with Crippen molar-refractivity contribution in [3.63, 3.8) is 0 Å². The predicted molar refractivity (Wildman–Crippen MR) is 63.4 cm³/mol. The SMILES string of the molecule is CSCC(C)CNC(=O)C(C)CCN. The second-order valence-electron chi connectivity index (χ2n) is 3.78. The quantitative estimate of drug-likeness (QED) is 0.672. The van der Waals surface area contributed by atoms with Crippen LogP contribution in [0.15, 0.2) is 0 Å². The van der Waals surface area contributed by atoms with Crippen molar-refractivity contribution in [3.05, 3.63) is 0 Å². The van der Waals surface area contributed by atoms with Gasteiger partial charge in [-0.2, -0.15) is 11.8 Å². The van der Waals surface area contributed by atoms with Crippen LogP contribution in [0.4, 0.5) is 0 Å². The van der Waals surface area contributed by atoms with Crippen molar-refractivity contribution in [2.24, 2.45) is 17.6 Å². The molecule has 0 fully saturated rings. The highest BCUT2D eigenvalue weighted by Gasteiger charge is 2.12. The van der Waals surface area contributed by atoms with E-state index in [1.165, 1.54) is 0 Å². The van der Waals surface area contributed by atoms with E-state index in [-0.39, 0.29) is 11.8 Å². The minimum absolute atomic E-state index is 0.0430. The summed E-state index contributed by atoms with van der Waals surface area (Å²) in [7, 11) is 0. The number of carbonyl (C=O) groups is 1. The Bertz CT molecular complexity index is 164. The fourth-order valence-corrected chi connectivity index (χ4v) is 1.86. The maximum Gasteiger partial charge on any atom is 0.222 e. The molecule has 0 heterocycles. The molecule has 0 aromatic heterocycles. The number of rotatable bonds is 7. The molecule has 0 radical (unpaired) electrons. The van der Waals surface area contributed by atoms with E-state index in [0.29, 0.717) is 12.5 Å². The van der Waals surface area contributed by atoms with E-state index < -0.39 is 0 Å². The summed E-state index contributed by atoms with van der Waals surface area (Å²) in [5.41, 5.74) is 5.39. The smallest absolute Gasteiger partial charge is 0.222 e. The third-order valence-electron chi connectivity index (χ3n) is 2.12. The van der Waals surface area contributed by atoms with Crippen LogP contribution in [0.3, 0.4) is 0 Å². The second-order valence-corrected chi connectivity index (χ2v) is 4.69. The fourth-order valence-electron chi connectivity index (χ4n) is 1.17. The largest absolute Gasteiger partial charge is 0.356 e. The lowest BCUT2D eigenvalue weighted by Crippen LogP contribution is -2.34. The Morgan fingerprint density at radius 1 is 1.50 bits per heavy atom. The van der Waals surface area contributed by atoms with Crippen molar-refractivity contribution in [2.75, 3.05) is 25.1 Å². The lowest BCUT2D eigenvalue weighted by atomic mass is 10.1. The summed E-state index contributed by atoms with van der Waals surface area (Å²) in [5.74, 6) is 1.80. The van der Waals surface area contributed by atoms with Gasteiger partial charge in [-0.05, 0) is 30.9 Å². The summed E-state index contributed by atoms with van der Waals surface area (Å²) in [5, 5.41) is 2.94. The molecular formula is C10H22N2OS. The number of hydrogen-bond donors (Lipinski definition) is 2. The number of nitrogens with one attached hydrogen (secondary N) is 1. The molecule has 3 nitrogen and oxygen atoms in total. The van der Waals surface area contributed by atoms with Crippen molar-refractivity contribution in [1.29, 1.82) is 0 Å². The van der Waals surface area contributed by atoms with Gasteiger partial charge in [0.05, 0.1) is 0 Å². The maximum atomic E-state index is 11.5. The molecular weight excluding hydrogens is 196 g/mol. The molecule has 0 rings (SSSR count). The van der Waals surface area contributed by atoms with Crippen LogP contribution < -0.4 is 11.1 Å². The summed E-state index contributed by atoms with van der Waals surface area (Å²) >= 11 is 1.81. The van der Waals surface area contributed by atoms with Crippen molar-refractivity contribution in [3.8, 4) is 0 Å². The van der Waals surface area contributed by atoms with Crippen molar-refractivity contribution in [2.45, 2.75) is 20.3 Å². The molecule has 2 unspecified atom stereocenters. The molecule has 0 saturated carbocycles.